The van der Waals surface area contributed by atoms with Crippen molar-refractivity contribution >= 4 is 17.7 Å². The summed E-state index contributed by atoms with van der Waals surface area (Å²) in [6.07, 6.45) is 1.00. The zero-order valence-electron chi connectivity index (χ0n) is 14.5. The Bertz CT molecular complexity index is 723. The fraction of sp³-hybridized carbons (Fsp3) is 0.667. The van der Waals surface area contributed by atoms with E-state index in [1.165, 1.54) is 11.8 Å². The molecule has 1 aliphatic rings. The molecule has 0 radical (unpaired) electrons. The summed E-state index contributed by atoms with van der Waals surface area (Å²) >= 11 is 1.36. The van der Waals surface area contributed by atoms with E-state index in [9.17, 15) is 4.79 Å². The number of amides is 1. The number of carbonyl (C=O) groups is 1. The van der Waals surface area contributed by atoms with Gasteiger partial charge in [0.15, 0.2) is 5.82 Å². The summed E-state index contributed by atoms with van der Waals surface area (Å²) in [7, 11) is 0. The van der Waals surface area contributed by atoms with E-state index in [2.05, 4.69) is 43.8 Å². The van der Waals surface area contributed by atoms with Crippen molar-refractivity contribution in [1.29, 1.82) is 0 Å². The van der Waals surface area contributed by atoms with Crippen LogP contribution >= 0.6 is 11.8 Å². The van der Waals surface area contributed by atoms with E-state index in [1.54, 1.807) is 0 Å². The number of thioether (sulfide) groups is 1. The van der Waals surface area contributed by atoms with Crippen LogP contribution in [-0.2, 0) is 11.3 Å². The second kappa shape index (κ2) is 6.92. The van der Waals surface area contributed by atoms with E-state index in [1.807, 2.05) is 18.7 Å². The summed E-state index contributed by atoms with van der Waals surface area (Å²) in [5.41, 5.74) is 0. The van der Waals surface area contributed by atoms with Crippen LogP contribution in [0.25, 0.3) is 0 Å². The van der Waals surface area contributed by atoms with E-state index in [0.29, 0.717) is 29.9 Å². The van der Waals surface area contributed by atoms with Gasteiger partial charge in [0.05, 0.1) is 18.3 Å². The van der Waals surface area contributed by atoms with Gasteiger partial charge in [0.25, 0.3) is 0 Å². The predicted molar refractivity (Wildman–Crippen MR) is 90.5 cm³/mol. The minimum Gasteiger partial charge on any atom is -0.332 e. The van der Waals surface area contributed by atoms with Crippen molar-refractivity contribution < 1.29 is 4.79 Å². The van der Waals surface area contributed by atoms with Gasteiger partial charge in [-0.25, -0.2) is 4.98 Å². The lowest BCUT2D eigenvalue weighted by Crippen LogP contribution is -2.42. The van der Waals surface area contributed by atoms with Gasteiger partial charge >= 0.3 is 0 Å². The average Bonchev–Trinajstić information content (AvgIpc) is 3.10. The Morgan fingerprint density at radius 3 is 2.83 bits per heavy atom. The van der Waals surface area contributed by atoms with Crippen molar-refractivity contribution in [3.05, 3.63) is 17.5 Å². The molecule has 3 heterocycles. The molecule has 0 unspecified atom stereocenters. The van der Waals surface area contributed by atoms with Crippen molar-refractivity contribution in [2.24, 2.45) is 5.92 Å². The fourth-order valence-corrected chi connectivity index (χ4v) is 3.83. The molecule has 3 rings (SSSR count). The van der Waals surface area contributed by atoms with E-state index in [4.69, 9.17) is 0 Å². The molecule has 0 saturated carbocycles. The third-order valence-corrected chi connectivity index (χ3v) is 4.90. The number of H-pyrrole nitrogens is 1. The largest absolute Gasteiger partial charge is 0.332 e. The molecule has 0 aromatic carbocycles. The molecule has 1 aliphatic heterocycles. The van der Waals surface area contributed by atoms with Crippen molar-refractivity contribution in [3.63, 3.8) is 0 Å². The molecule has 1 N–H and O–H groups in total. The molecule has 8 nitrogen and oxygen atoms in total. The molecule has 2 aromatic rings. The topological polar surface area (TPSA) is 92.6 Å². The number of aryl methyl sites for hydroxylation is 2. The first-order valence-corrected chi connectivity index (χ1v) is 9.12. The highest BCUT2D eigenvalue weighted by atomic mass is 32.2. The molecule has 0 spiro atoms. The van der Waals surface area contributed by atoms with Crippen LogP contribution in [0.4, 0.5) is 0 Å². The molecule has 0 bridgehead atoms. The van der Waals surface area contributed by atoms with Crippen molar-refractivity contribution in [3.8, 4) is 0 Å². The lowest BCUT2D eigenvalue weighted by atomic mass is 10.0. The first kappa shape index (κ1) is 16.9. The van der Waals surface area contributed by atoms with E-state index in [-0.39, 0.29) is 11.9 Å². The summed E-state index contributed by atoms with van der Waals surface area (Å²) in [5.74, 6) is 3.51. The van der Waals surface area contributed by atoms with Crippen molar-refractivity contribution in [2.45, 2.75) is 51.9 Å². The third-order valence-electron chi connectivity index (χ3n) is 4.06. The van der Waals surface area contributed by atoms with Crippen molar-refractivity contribution in [1.82, 2.24) is 34.8 Å². The van der Waals surface area contributed by atoms with Gasteiger partial charge in [-0.2, -0.15) is 0 Å². The molecule has 130 valence electrons. The fourth-order valence-electron chi connectivity index (χ4n) is 3.09. The van der Waals surface area contributed by atoms with E-state index in [0.717, 1.165) is 23.9 Å². The lowest BCUT2D eigenvalue weighted by Gasteiger charge is -2.35. The van der Waals surface area contributed by atoms with Crippen molar-refractivity contribution in [2.75, 3.05) is 12.3 Å². The number of nitrogens with zero attached hydrogens (tertiary/aromatic N) is 6. The number of hydrogen-bond acceptors (Lipinski definition) is 6. The second-order valence-corrected chi connectivity index (χ2v) is 7.53. The summed E-state index contributed by atoms with van der Waals surface area (Å²) in [5, 5.41) is 15.9. The smallest absolute Gasteiger partial charge is 0.233 e. The minimum atomic E-state index is 0.0862. The second-order valence-electron chi connectivity index (χ2n) is 6.58. The monoisotopic (exact) mass is 349 g/mol. The summed E-state index contributed by atoms with van der Waals surface area (Å²) in [4.78, 5) is 18.7. The average molecular weight is 349 g/mol. The Morgan fingerprint density at radius 2 is 2.17 bits per heavy atom. The Labute approximate surface area is 145 Å². The van der Waals surface area contributed by atoms with Gasteiger partial charge in [0, 0.05) is 6.54 Å². The van der Waals surface area contributed by atoms with Crippen LogP contribution in [0.1, 0.15) is 43.8 Å². The number of rotatable bonds is 5. The van der Waals surface area contributed by atoms with Crippen LogP contribution in [0.2, 0.25) is 0 Å². The molecular formula is C15H23N7OS. The summed E-state index contributed by atoms with van der Waals surface area (Å²) < 4.78 is 2.19. The molecule has 24 heavy (non-hydrogen) atoms. The standard InChI is InChI=1S/C15H23N7OS/c1-9(2)5-12-6-21(7-13-19-18-11(4)22(12)13)14(23)8-24-15-16-10(3)17-20-15/h9,12H,5-8H2,1-4H3,(H,16,17,20)/t12-/m0/s1. The maximum atomic E-state index is 12.6. The maximum absolute atomic E-state index is 12.6. The Balaban J connectivity index is 1.69. The first-order valence-electron chi connectivity index (χ1n) is 8.14. The van der Waals surface area contributed by atoms with Crippen LogP contribution in [0, 0.1) is 19.8 Å². The quantitative estimate of drug-likeness (QED) is 0.827. The molecular weight excluding hydrogens is 326 g/mol. The summed E-state index contributed by atoms with van der Waals surface area (Å²) in [6.45, 7) is 9.43. The van der Waals surface area contributed by atoms with Crippen LogP contribution in [0.15, 0.2) is 5.16 Å². The highest BCUT2D eigenvalue weighted by Crippen LogP contribution is 2.27. The van der Waals surface area contributed by atoms with Gasteiger partial charge < -0.3 is 9.47 Å². The number of carbonyl (C=O) groups excluding carboxylic acids is 1. The van der Waals surface area contributed by atoms with Crippen LogP contribution < -0.4 is 0 Å². The molecule has 1 amide bonds. The maximum Gasteiger partial charge on any atom is 0.233 e. The number of fused-ring (bicyclic) bond motifs is 1. The van der Waals surface area contributed by atoms with Crippen LogP contribution in [0.3, 0.4) is 0 Å². The summed E-state index contributed by atoms with van der Waals surface area (Å²) in [6, 6.07) is 0.239. The number of nitrogens with one attached hydrogen (secondary N) is 1. The van der Waals surface area contributed by atoms with E-state index >= 15 is 0 Å². The zero-order valence-corrected chi connectivity index (χ0v) is 15.3. The van der Waals surface area contributed by atoms with Gasteiger partial charge in [-0.05, 0) is 26.2 Å². The molecule has 9 heteroatoms. The van der Waals surface area contributed by atoms with Gasteiger partial charge in [-0.1, -0.05) is 25.6 Å². The molecule has 0 fully saturated rings. The number of aromatic nitrogens is 6. The van der Waals surface area contributed by atoms with Gasteiger partial charge in [0.1, 0.15) is 11.6 Å². The van der Waals surface area contributed by atoms with Gasteiger partial charge in [0.2, 0.25) is 11.1 Å². The van der Waals surface area contributed by atoms with E-state index < -0.39 is 0 Å². The minimum absolute atomic E-state index is 0.0862. The Hall–Kier alpha value is -1.90. The predicted octanol–water partition coefficient (Wildman–Crippen LogP) is 1.73. The Kier molecular flexibility index (Phi) is 4.88. The molecule has 0 aliphatic carbocycles. The molecule has 0 saturated heterocycles. The first-order chi connectivity index (χ1) is 11.4. The molecule has 2 aromatic heterocycles. The Morgan fingerprint density at radius 1 is 1.38 bits per heavy atom. The zero-order chi connectivity index (χ0) is 17.3. The highest BCUT2D eigenvalue weighted by molar-refractivity contribution is 7.99. The van der Waals surface area contributed by atoms with Gasteiger partial charge in [-0.15, -0.1) is 15.3 Å². The van der Waals surface area contributed by atoms with Crippen LogP contribution in [0.5, 0.6) is 0 Å². The van der Waals surface area contributed by atoms with Crippen LogP contribution in [-0.4, -0.2) is 53.1 Å². The number of hydrogen-bond donors (Lipinski definition) is 1. The SMILES string of the molecule is Cc1nc(SCC(=O)N2Cc3nnc(C)n3[C@@H](CC(C)C)C2)n[nH]1. The highest BCUT2D eigenvalue weighted by Gasteiger charge is 2.30. The number of aromatic amines is 1. The van der Waals surface area contributed by atoms with Gasteiger partial charge in [-0.3, -0.25) is 9.89 Å². The third kappa shape index (κ3) is 3.61. The lowest BCUT2D eigenvalue weighted by molar-refractivity contribution is -0.130. The molecule has 1 atom stereocenters. The normalized spacial score (nSPS) is 17.4.